The van der Waals surface area contributed by atoms with Crippen molar-refractivity contribution in [1.82, 2.24) is 20.6 Å². The number of imidazole rings is 1. The number of likely N-dealkylation sites (N-methyl/N-ethyl adjacent to an activating group) is 1. The predicted octanol–water partition coefficient (Wildman–Crippen LogP) is -0.200. The van der Waals surface area contributed by atoms with E-state index in [4.69, 9.17) is 0 Å². The molecule has 1 unspecified atom stereocenters. The van der Waals surface area contributed by atoms with Crippen LogP contribution in [0.3, 0.4) is 0 Å². The number of aromatic nitrogens is 2. The first-order chi connectivity index (χ1) is 6.77. The van der Waals surface area contributed by atoms with Crippen LogP contribution in [0, 0.1) is 0 Å². The number of nitrogens with zero attached hydrogens (tertiary/aromatic N) is 1. The summed E-state index contributed by atoms with van der Waals surface area (Å²) in [5.41, 5.74) is 0.920. The van der Waals surface area contributed by atoms with Gasteiger partial charge in [-0.05, 0) is 13.2 Å². The minimum atomic E-state index is -0.270. The molecule has 0 aliphatic heterocycles. The topological polar surface area (TPSA) is 69.8 Å². The summed E-state index contributed by atoms with van der Waals surface area (Å²) in [6.07, 6.45) is 5.24. The van der Waals surface area contributed by atoms with E-state index < -0.39 is 0 Å². The lowest BCUT2D eigenvalue weighted by atomic mass is 10.1. The highest BCUT2D eigenvalue weighted by Gasteiger charge is 2.15. The summed E-state index contributed by atoms with van der Waals surface area (Å²) in [5.74, 6) is -0.0999. The Kier molecular flexibility index (Phi) is 3.87. The molecule has 0 fully saturated rings. The van der Waals surface area contributed by atoms with Gasteiger partial charge in [0.1, 0.15) is 0 Å². The van der Waals surface area contributed by atoms with Crippen LogP contribution in [0.1, 0.15) is 5.69 Å². The molecular formula is C9H14N4O. The second kappa shape index (κ2) is 5.18. The molecule has 5 heteroatoms. The lowest BCUT2D eigenvalue weighted by molar-refractivity contribution is -0.122. The molecule has 0 aromatic carbocycles. The van der Waals surface area contributed by atoms with E-state index in [0.29, 0.717) is 6.42 Å². The van der Waals surface area contributed by atoms with Gasteiger partial charge in [0.2, 0.25) is 5.91 Å². The minimum Gasteiger partial charge on any atom is -0.348 e. The zero-order chi connectivity index (χ0) is 10.4. The summed E-state index contributed by atoms with van der Waals surface area (Å²) in [6, 6.07) is -0.270. The quantitative estimate of drug-likeness (QED) is 0.608. The zero-order valence-corrected chi connectivity index (χ0v) is 8.08. The van der Waals surface area contributed by atoms with Crippen molar-refractivity contribution in [3.63, 3.8) is 0 Å². The molecule has 0 saturated heterocycles. The number of aromatic amines is 1. The molecule has 1 atom stereocenters. The number of hydrogen-bond donors (Lipinski definition) is 3. The van der Waals surface area contributed by atoms with Crippen molar-refractivity contribution in [2.75, 3.05) is 7.05 Å². The Bertz CT molecular complexity index is 294. The van der Waals surface area contributed by atoms with Gasteiger partial charge in [-0.2, -0.15) is 0 Å². The van der Waals surface area contributed by atoms with Gasteiger partial charge in [0, 0.05) is 18.3 Å². The molecule has 0 aliphatic rings. The Morgan fingerprint density at radius 3 is 3.14 bits per heavy atom. The monoisotopic (exact) mass is 194 g/mol. The van der Waals surface area contributed by atoms with Gasteiger partial charge in [0.25, 0.3) is 0 Å². The molecule has 1 rings (SSSR count). The molecule has 0 saturated carbocycles. The van der Waals surface area contributed by atoms with Crippen molar-refractivity contribution in [1.29, 1.82) is 0 Å². The first kappa shape index (κ1) is 10.5. The van der Waals surface area contributed by atoms with E-state index in [1.54, 1.807) is 19.6 Å². The van der Waals surface area contributed by atoms with Crippen LogP contribution in [0.2, 0.25) is 0 Å². The fourth-order valence-corrected chi connectivity index (χ4v) is 1.14. The lowest BCUT2D eigenvalue weighted by Gasteiger charge is -2.12. The van der Waals surface area contributed by atoms with Crippen molar-refractivity contribution in [3.05, 3.63) is 31.0 Å². The van der Waals surface area contributed by atoms with Crippen molar-refractivity contribution >= 4 is 5.91 Å². The van der Waals surface area contributed by atoms with Crippen LogP contribution in [-0.2, 0) is 11.2 Å². The molecule has 1 aromatic rings. The molecule has 76 valence electrons. The van der Waals surface area contributed by atoms with Crippen molar-refractivity contribution in [2.24, 2.45) is 0 Å². The van der Waals surface area contributed by atoms with Crippen LogP contribution in [0.5, 0.6) is 0 Å². The van der Waals surface area contributed by atoms with E-state index in [0.717, 1.165) is 5.69 Å². The van der Waals surface area contributed by atoms with Gasteiger partial charge in [-0.15, -0.1) is 0 Å². The van der Waals surface area contributed by atoms with Gasteiger partial charge in [0.15, 0.2) is 0 Å². The maximum atomic E-state index is 11.4. The normalized spacial score (nSPS) is 12.1. The second-order valence-corrected chi connectivity index (χ2v) is 2.83. The van der Waals surface area contributed by atoms with Gasteiger partial charge in [-0.25, -0.2) is 4.98 Å². The van der Waals surface area contributed by atoms with Crippen molar-refractivity contribution < 1.29 is 4.79 Å². The maximum absolute atomic E-state index is 11.4. The SMILES string of the molecule is C=CNC(=O)C(Cc1cnc[nH]1)NC. The Labute approximate surface area is 82.6 Å². The van der Waals surface area contributed by atoms with Crippen LogP contribution >= 0.6 is 0 Å². The van der Waals surface area contributed by atoms with E-state index in [1.165, 1.54) is 6.20 Å². The van der Waals surface area contributed by atoms with Crippen LogP contribution < -0.4 is 10.6 Å². The van der Waals surface area contributed by atoms with Gasteiger partial charge >= 0.3 is 0 Å². The van der Waals surface area contributed by atoms with Crippen molar-refractivity contribution in [2.45, 2.75) is 12.5 Å². The standard InChI is InChI=1S/C9H14N4O/c1-3-12-9(14)8(10-2)4-7-5-11-6-13-7/h3,5-6,8,10H,1,4H2,2H3,(H,11,13)(H,12,14). The van der Waals surface area contributed by atoms with Gasteiger partial charge < -0.3 is 15.6 Å². The summed E-state index contributed by atoms with van der Waals surface area (Å²) in [5, 5.41) is 5.45. The number of nitrogens with one attached hydrogen (secondary N) is 3. The van der Waals surface area contributed by atoms with E-state index in [9.17, 15) is 4.79 Å². The van der Waals surface area contributed by atoms with Crippen molar-refractivity contribution in [3.8, 4) is 0 Å². The Balaban J connectivity index is 2.54. The van der Waals surface area contributed by atoms with Crippen LogP contribution in [-0.4, -0.2) is 29.0 Å². The number of H-pyrrole nitrogens is 1. The fourth-order valence-electron chi connectivity index (χ4n) is 1.14. The average Bonchev–Trinajstić information content (AvgIpc) is 2.66. The average molecular weight is 194 g/mol. The first-order valence-corrected chi connectivity index (χ1v) is 4.33. The van der Waals surface area contributed by atoms with Gasteiger partial charge in [0.05, 0.1) is 12.4 Å². The lowest BCUT2D eigenvalue weighted by Crippen LogP contribution is -2.42. The number of carbonyl (C=O) groups excluding carboxylic acids is 1. The van der Waals surface area contributed by atoms with E-state index >= 15 is 0 Å². The molecule has 0 radical (unpaired) electrons. The molecule has 0 aliphatic carbocycles. The smallest absolute Gasteiger partial charge is 0.241 e. The maximum Gasteiger partial charge on any atom is 0.241 e. The first-order valence-electron chi connectivity index (χ1n) is 4.33. The number of carbonyl (C=O) groups is 1. The molecule has 1 amide bonds. The molecule has 14 heavy (non-hydrogen) atoms. The molecule has 0 spiro atoms. The second-order valence-electron chi connectivity index (χ2n) is 2.83. The molecule has 1 heterocycles. The summed E-state index contributed by atoms with van der Waals surface area (Å²) < 4.78 is 0. The third kappa shape index (κ3) is 2.70. The Morgan fingerprint density at radius 1 is 1.86 bits per heavy atom. The van der Waals surface area contributed by atoms with E-state index in [1.807, 2.05) is 0 Å². The van der Waals surface area contributed by atoms with E-state index in [-0.39, 0.29) is 11.9 Å². The highest BCUT2D eigenvalue weighted by molar-refractivity contribution is 5.82. The van der Waals surface area contributed by atoms with Crippen LogP contribution in [0.4, 0.5) is 0 Å². The largest absolute Gasteiger partial charge is 0.348 e. The summed E-state index contributed by atoms with van der Waals surface area (Å²) in [4.78, 5) is 18.2. The zero-order valence-electron chi connectivity index (χ0n) is 8.08. The van der Waals surface area contributed by atoms with Gasteiger partial charge in [-0.3, -0.25) is 4.79 Å². The minimum absolute atomic E-state index is 0.0999. The summed E-state index contributed by atoms with van der Waals surface area (Å²) in [6.45, 7) is 3.43. The molecular weight excluding hydrogens is 180 g/mol. The van der Waals surface area contributed by atoms with Gasteiger partial charge in [-0.1, -0.05) is 6.58 Å². The third-order valence-electron chi connectivity index (χ3n) is 1.89. The number of hydrogen-bond acceptors (Lipinski definition) is 3. The number of amides is 1. The van der Waals surface area contributed by atoms with Crippen LogP contribution in [0.15, 0.2) is 25.3 Å². The van der Waals surface area contributed by atoms with E-state index in [2.05, 4.69) is 27.2 Å². The summed E-state index contributed by atoms with van der Waals surface area (Å²) in [7, 11) is 1.74. The summed E-state index contributed by atoms with van der Waals surface area (Å²) >= 11 is 0. The molecule has 0 bridgehead atoms. The molecule has 5 nitrogen and oxygen atoms in total. The highest BCUT2D eigenvalue weighted by Crippen LogP contribution is 1.97. The Hall–Kier alpha value is -1.62. The third-order valence-corrected chi connectivity index (χ3v) is 1.89. The Morgan fingerprint density at radius 2 is 2.64 bits per heavy atom. The number of rotatable bonds is 5. The highest BCUT2D eigenvalue weighted by atomic mass is 16.2. The fraction of sp³-hybridized carbons (Fsp3) is 0.333. The van der Waals surface area contributed by atoms with Crippen LogP contribution in [0.25, 0.3) is 0 Å². The molecule has 3 N–H and O–H groups in total. The predicted molar refractivity (Wildman–Crippen MR) is 53.5 cm³/mol. The molecule has 1 aromatic heterocycles.